The molecular formula is C44H37NO6. The number of benzene rings is 6. The zero-order chi connectivity index (χ0) is 35.2. The maximum absolute atomic E-state index is 13.0. The second-order valence-corrected chi connectivity index (χ2v) is 12.4. The minimum atomic E-state index is -1.24. The standard InChI is InChI=1S/C44H37NO6/c1-49-41-28-30(27-39(42(46)47)45-43(48)50-29-38-36-23-13-11-21-34(36)35-22-12-14-24-37(35)38)25-26-40(41)51-44(31-15-5-2-6-16-31,32-17-7-3-8-18-32)33-19-9-4-10-20-33/h2-26,28,38-39H,27,29H2,1H3,(H,45,48)(H,46,47)/t39-/m0/s1. The van der Waals surface area contributed by atoms with Crippen LogP contribution in [-0.2, 0) is 21.6 Å². The molecule has 0 fully saturated rings. The molecule has 0 aliphatic heterocycles. The van der Waals surface area contributed by atoms with E-state index >= 15 is 0 Å². The number of carboxylic acids is 1. The van der Waals surface area contributed by atoms with Crippen LogP contribution < -0.4 is 14.8 Å². The van der Waals surface area contributed by atoms with Gasteiger partial charge in [-0.3, -0.25) is 0 Å². The molecule has 7 heteroatoms. The Morgan fingerprint density at radius 1 is 0.667 bits per heavy atom. The van der Waals surface area contributed by atoms with Crippen molar-refractivity contribution in [2.75, 3.05) is 13.7 Å². The summed E-state index contributed by atoms with van der Waals surface area (Å²) in [6.07, 6.45) is -0.799. The zero-order valence-corrected chi connectivity index (χ0v) is 28.1. The van der Waals surface area contributed by atoms with Gasteiger partial charge in [0.25, 0.3) is 0 Å². The smallest absolute Gasteiger partial charge is 0.407 e. The molecule has 6 aromatic rings. The van der Waals surface area contributed by atoms with E-state index in [1.54, 1.807) is 25.3 Å². The molecule has 1 amide bonds. The van der Waals surface area contributed by atoms with Crippen LogP contribution in [0.1, 0.15) is 39.3 Å². The number of rotatable bonds is 12. The highest BCUT2D eigenvalue weighted by Gasteiger charge is 2.40. The molecular weight excluding hydrogens is 638 g/mol. The third-order valence-electron chi connectivity index (χ3n) is 9.41. The number of carbonyl (C=O) groups is 2. The Labute approximate surface area is 297 Å². The Morgan fingerprint density at radius 3 is 1.65 bits per heavy atom. The summed E-state index contributed by atoms with van der Waals surface area (Å²) >= 11 is 0. The van der Waals surface area contributed by atoms with Gasteiger partial charge in [0.05, 0.1) is 7.11 Å². The molecule has 1 atom stereocenters. The molecule has 7 rings (SSSR count). The number of carbonyl (C=O) groups excluding carboxylic acids is 1. The second kappa shape index (κ2) is 14.6. The van der Waals surface area contributed by atoms with Gasteiger partial charge >= 0.3 is 12.1 Å². The van der Waals surface area contributed by atoms with E-state index in [1.807, 2.05) is 127 Å². The summed E-state index contributed by atoms with van der Waals surface area (Å²) < 4.78 is 18.5. The highest BCUT2D eigenvalue weighted by molar-refractivity contribution is 5.81. The molecule has 0 unspecified atom stereocenters. The van der Waals surface area contributed by atoms with Crippen molar-refractivity contribution >= 4 is 12.1 Å². The van der Waals surface area contributed by atoms with Gasteiger partial charge in [-0.15, -0.1) is 0 Å². The van der Waals surface area contributed by atoms with E-state index in [1.165, 1.54) is 0 Å². The first-order valence-electron chi connectivity index (χ1n) is 16.8. The number of aliphatic carboxylic acids is 1. The number of ether oxygens (including phenoxy) is 3. The normalized spacial score (nSPS) is 12.6. The fourth-order valence-electron chi connectivity index (χ4n) is 7.00. The molecule has 0 saturated carbocycles. The fraction of sp³-hybridized carbons (Fsp3) is 0.136. The van der Waals surface area contributed by atoms with Gasteiger partial charge in [-0.25, -0.2) is 9.59 Å². The minimum absolute atomic E-state index is 0.00261. The number of hydrogen-bond donors (Lipinski definition) is 2. The highest BCUT2D eigenvalue weighted by Crippen LogP contribution is 2.45. The van der Waals surface area contributed by atoms with Crippen LogP contribution in [0.2, 0.25) is 0 Å². The van der Waals surface area contributed by atoms with Crippen molar-refractivity contribution in [1.29, 1.82) is 0 Å². The van der Waals surface area contributed by atoms with E-state index in [0.717, 1.165) is 38.9 Å². The van der Waals surface area contributed by atoms with E-state index in [9.17, 15) is 14.7 Å². The van der Waals surface area contributed by atoms with E-state index < -0.39 is 23.7 Å². The van der Waals surface area contributed by atoms with E-state index in [-0.39, 0.29) is 18.9 Å². The van der Waals surface area contributed by atoms with Gasteiger partial charge in [0.15, 0.2) is 17.1 Å². The Bertz CT molecular complexity index is 1990. The molecule has 6 aromatic carbocycles. The van der Waals surface area contributed by atoms with Gasteiger partial charge in [0, 0.05) is 29.0 Å². The van der Waals surface area contributed by atoms with Crippen LogP contribution in [0, 0.1) is 0 Å². The second-order valence-electron chi connectivity index (χ2n) is 12.4. The predicted octanol–water partition coefficient (Wildman–Crippen LogP) is 8.60. The van der Waals surface area contributed by atoms with Crippen molar-refractivity contribution in [3.8, 4) is 22.6 Å². The van der Waals surface area contributed by atoms with Crippen LogP contribution in [0.5, 0.6) is 11.5 Å². The number of amides is 1. The first-order valence-corrected chi connectivity index (χ1v) is 16.8. The number of alkyl carbamates (subject to hydrolysis) is 1. The van der Waals surface area contributed by atoms with Crippen LogP contribution in [0.15, 0.2) is 158 Å². The molecule has 0 radical (unpaired) electrons. The summed E-state index contributed by atoms with van der Waals surface area (Å²) in [6, 6.07) is 50.2. The lowest BCUT2D eigenvalue weighted by atomic mass is 9.80. The molecule has 7 nitrogen and oxygen atoms in total. The Kier molecular flexibility index (Phi) is 9.52. The maximum atomic E-state index is 13.0. The van der Waals surface area contributed by atoms with Crippen LogP contribution >= 0.6 is 0 Å². The average molecular weight is 676 g/mol. The van der Waals surface area contributed by atoms with Crippen LogP contribution in [0.4, 0.5) is 4.79 Å². The zero-order valence-electron chi connectivity index (χ0n) is 28.1. The molecule has 0 aromatic heterocycles. The molecule has 51 heavy (non-hydrogen) atoms. The molecule has 0 spiro atoms. The van der Waals surface area contributed by atoms with Crippen LogP contribution in [0.3, 0.4) is 0 Å². The molecule has 254 valence electrons. The first-order chi connectivity index (χ1) is 25.0. The van der Waals surface area contributed by atoms with Gasteiger partial charge in [0.2, 0.25) is 0 Å². The number of fused-ring (bicyclic) bond motifs is 3. The van der Waals surface area contributed by atoms with Crippen molar-refractivity contribution < 1.29 is 28.9 Å². The van der Waals surface area contributed by atoms with Gasteiger partial charge in [0.1, 0.15) is 12.6 Å². The lowest BCUT2D eigenvalue weighted by Gasteiger charge is -2.36. The quantitative estimate of drug-likeness (QED) is 0.126. The molecule has 0 heterocycles. The first kappa shape index (κ1) is 33.2. The Balaban J connectivity index is 1.12. The van der Waals surface area contributed by atoms with Gasteiger partial charge in [-0.2, -0.15) is 0 Å². The van der Waals surface area contributed by atoms with E-state index in [2.05, 4.69) is 17.4 Å². The summed E-state index contributed by atoms with van der Waals surface area (Å²) in [5.74, 6) is -0.434. The summed E-state index contributed by atoms with van der Waals surface area (Å²) in [6.45, 7) is 0.0814. The third kappa shape index (κ3) is 6.66. The van der Waals surface area contributed by atoms with E-state index in [0.29, 0.717) is 17.1 Å². The van der Waals surface area contributed by atoms with Crippen molar-refractivity contribution in [1.82, 2.24) is 5.32 Å². The van der Waals surface area contributed by atoms with Crippen LogP contribution in [0.25, 0.3) is 11.1 Å². The number of hydrogen-bond acceptors (Lipinski definition) is 5. The molecule has 1 aliphatic rings. The summed E-state index contributed by atoms with van der Waals surface area (Å²) in [5.41, 5.74) is 6.74. The lowest BCUT2D eigenvalue weighted by molar-refractivity contribution is -0.139. The largest absolute Gasteiger partial charge is 0.493 e. The monoisotopic (exact) mass is 675 g/mol. The molecule has 2 N–H and O–H groups in total. The lowest BCUT2D eigenvalue weighted by Crippen LogP contribution is -2.42. The molecule has 0 saturated heterocycles. The van der Waals surface area contributed by atoms with Gasteiger partial charge in [-0.05, 0) is 39.9 Å². The SMILES string of the molecule is COc1cc(C[C@H](NC(=O)OCC2c3ccccc3-c3ccccc32)C(=O)O)ccc1OC(c1ccccc1)(c1ccccc1)c1ccccc1. The summed E-state index contributed by atoms with van der Waals surface area (Å²) in [7, 11) is 1.55. The summed E-state index contributed by atoms with van der Waals surface area (Å²) in [5, 5.41) is 12.7. The number of carboxylic acid groups (broad SMARTS) is 1. The fourth-order valence-corrected chi connectivity index (χ4v) is 7.00. The topological polar surface area (TPSA) is 94.1 Å². The number of methoxy groups -OCH3 is 1. The molecule has 1 aliphatic carbocycles. The average Bonchev–Trinajstić information content (AvgIpc) is 3.50. The van der Waals surface area contributed by atoms with Crippen molar-refractivity contribution in [2.45, 2.75) is 24.0 Å². The van der Waals surface area contributed by atoms with Crippen molar-refractivity contribution in [3.63, 3.8) is 0 Å². The Morgan fingerprint density at radius 2 is 1.16 bits per heavy atom. The van der Waals surface area contributed by atoms with Crippen molar-refractivity contribution in [2.24, 2.45) is 0 Å². The van der Waals surface area contributed by atoms with Crippen LogP contribution in [-0.4, -0.2) is 36.9 Å². The minimum Gasteiger partial charge on any atom is -0.493 e. The summed E-state index contributed by atoms with van der Waals surface area (Å²) in [4.78, 5) is 25.4. The van der Waals surface area contributed by atoms with Gasteiger partial charge < -0.3 is 24.6 Å². The van der Waals surface area contributed by atoms with Gasteiger partial charge in [-0.1, -0.05) is 146 Å². The molecule has 0 bridgehead atoms. The maximum Gasteiger partial charge on any atom is 0.407 e. The van der Waals surface area contributed by atoms with Crippen molar-refractivity contribution in [3.05, 3.63) is 191 Å². The Hall–Kier alpha value is -6.34. The number of nitrogens with one attached hydrogen (secondary N) is 1. The van der Waals surface area contributed by atoms with E-state index in [4.69, 9.17) is 14.2 Å². The highest BCUT2D eigenvalue weighted by atomic mass is 16.5. The third-order valence-corrected chi connectivity index (χ3v) is 9.41. The predicted molar refractivity (Wildman–Crippen MR) is 196 cm³/mol.